The van der Waals surface area contributed by atoms with Crippen molar-refractivity contribution in [1.29, 1.82) is 0 Å². The fourth-order valence-electron chi connectivity index (χ4n) is 2.38. The van der Waals surface area contributed by atoms with Gasteiger partial charge in [-0.25, -0.2) is 0 Å². The predicted octanol–water partition coefficient (Wildman–Crippen LogP) is -0.0982. The summed E-state index contributed by atoms with van der Waals surface area (Å²) in [6.45, 7) is 4.01. The first-order valence-electron chi connectivity index (χ1n) is 7.00. The molecule has 0 saturated carbocycles. The molecule has 0 bridgehead atoms. The topological polar surface area (TPSA) is 158 Å². The normalized spacial score (nSPS) is 10.7. The third-order valence-electron chi connectivity index (χ3n) is 3.72. The van der Waals surface area contributed by atoms with Crippen molar-refractivity contribution in [3.8, 4) is 0 Å². The van der Waals surface area contributed by atoms with Gasteiger partial charge in [0.2, 0.25) is 0 Å². The fraction of sp³-hybridized carbons (Fsp3) is 0.125. The molecule has 0 atom stereocenters. The molecule has 0 radical (unpaired) electrons. The Hall–Kier alpha value is -2.22. The van der Waals surface area contributed by atoms with E-state index in [1.165, 1.54) is 12.4 Å². The minimum atomic E-state index is -5.03. The number of fused-ring (bicyclic) bond motifs is 1. The third-order valence-corrected chi connectivity index (χ3v) is 5.86. The minimum Gasteiger partial charge on any atom is -0.412 e. The van der Waals surface area contributed by atoms with Crippen molar-refractivity contribution in [2.45, 2.75) is 13.8 Å². The Labute approximate surface area is 147 Å². The van der Waals surface area contributed by atoms with Crippen molar-refractivity contribution in [2.75, 3.05) is 5.32 Å². The van der Waals surface area contributed by atoms with Crippen molar-refractivity contribution in [2.24, 2.45) is 0 Å². The van der Waals surface area contributed by atoms with E-state index in [1.54, 1.807) is 18.2 Å². The van der Waals surface area contributed by atoms with Crippen LogP contribution in [-0.4, -0.2) is 43.3 Å². The van der Waals surface area contributed by atoms with Crippen molar-refractivity contribution in [3.05, 3.63) is 53.9 Å². The van der Waals surface area contributed by atoms with Gasteiger partial charge in [0.25, 0.3) is 0 Å². The maximum Gasteiger partial charge on any atom is -0.412 e. The van der Waals surface area contributed by atoms with E-state index in [0.717, 1.165) is 22.0 Å². The van der Waals surface area contributed by atoms with Gasteiger partial charge in [-0.05, 0) is 0 Å². The van der Waals surface area contributed by atoms with Crippen molar-refractivity contribution in [3.63, 3.8) is 0 Å². The molecule has 0 amide bonds. The minimum absolute atomic E-state index is 0. The number of aryl methyl sites for hydroxylation is 2. The summed E-state index contributed by atoms with van der Waals surface area (Å²) >= 11 is -5.03. The summed E-state index contributed by atoms with van der Waals surface area (Å²) < 4.78 is 30.8. The van der Waals surface area contributed by atoms with E-state index < -0.39 is 14.2 Å². The average molecular weight is 409 g/mol. The molecule has 0 unspecified atom stereocenters. The summed E-state index contributed by atoms with van der Waals surface area (Å²) in [6.07, 6.45) is 1.44. The van der Waals surface area contributed by atoms with Crippen LogP contribution in [0.4, 0.5) is 11.5 Å². The van der Waals surface area contributed by atoms with Crippen LogP contribution in [0.2, 0.25) is 0 Å². The second-order valence-corrected chi connectivity index (χ2v) is 8.66. The van der Waals surface area contributed by atoms with Crippen LogP contribution < -0.4 is 9.67 Å². The number of rotatable bonds is 3. The van der Waals surface area contributed by atoms with Gasteiger partial charge in [-0.1, -0.05) is 0 Å². The molecule has 3 aromatic rings. The SMILES string of the molecule is Cc1cc2ncnc(Nc3ccccc3[As](=O)(O)O)c2cc1C.O.O. The molecule has 0 aliphatic rings. The van der Waals surface area contributed by atoms with Crippen LogP contribution >= 0.6 is 0 Å². The zero-order valence-corrected chi connectivity index (χ0v) is 15.6. The van der Waals surface area contributed by atoms with E-state index in [4.69, 9.17) is 0 Å². The summed E-state index contributed by atoms with van der Waals surface area (Å²) in [7, 11) is 0. The first kappa shape index (κ1) is 20.8. The number of hydrogen-bond acceptors (Lipinski definition) is 4. The van der Waals surface area contributed by atoms with E-state index in [-0.39, 0.29) is 15.3 Å². The van der Waals surface area contributed by atoms with Gasteiger partial charge in [0, 0.05) is 0 Å². The van der Waals surface area contributed by atoms with Crippen LogP contribution in [0.3, 0.4) is 0 Å². The van der Waals surface area contributed by atoms with Gasteiger partial charge in [0.1, 0.15) is 0 Å². The Morgan fingerprint density at radius 3 is 2.32 bits per heavy atom. The molecule has 0 saturated heterocycles. The monoisotopic (exact) mass is 409 g/mol. The van der Waals surface area contributed by atoms with E-state index in [0.29, 0.717) is 11.5 Å². The molecule has 0 aliphatic carbocycles. The molecule has 1 aromatic heterocycles. The number of aromatic nitrogens is 2. The zero-order valence-electron chi connectivity index (χ0n) is 13.7. The molecule has 9 heteroatoms. The number of para-hydroxylation sites is 1. The van der Waals surface area contributed by atoms with Gasteiger partial charge in [-0.15, -0.1) is 0 Å². The first-order chi connectivity index (χ1) is 10.9. The predicted molar refractivity (Wildman–Crippen MR) is 96.5 cm³/mol. The second kappa shape index (κ2) is 7.77. The molecular formula is C16H20AsN3O5. The van der Waals surface area contributed by atoms with Crippen molar-refractivity contribution in [1.82, 2.24) is 9.97 Å². The van der Waals surface area contributed by atoms with Gasteiger partial charge in [0.15, 0.2) is 0 Å². The van der Waals surface area contributed by atoms with Crippen LogP contribution in [0.15, 0.2) is 42.7 Å². The summed E-state index contributed by atoms with van der Waals surface area (Å²) in [4.78, 5) is 8.48. The molecule has 7 N–H and O–H groups in total. The van der Waals surface area contributed by atoms with E-state index in [2.05, 4.69) is 15.3 Å². The Bertz CT molecular complexity index is 942. The van der Waals surface area contributed by atoms with Crippen molar-refractivity contribution >= 4 is 40.9 Å². The Morgan fingerprint density at radius 2 is 1.64 bits per heavy atom. The zero-order chi connectivity index (χ0) is 16.6. The molecule has 25 heavy (non-hydrogen) atoms. The molecule has 0 spiro atoms. The standard InChI is InChI=1S/C16H16AsN3O3.2H2O/c1-10-7-12-15(8-11(10)2)18-9-19-16(12)20-14-6-4-3-5-13(14)17(21,22)23;;/h3-9H,1-2H3,(H,18,19,20)(H2,21,22,23);2*1H2. The molecule has 8 nitrogen and oxygen atoms in total. The summed E-state index contributed by atoms with van der Waals surface area (Å²) in [5, 5.41) is 3.85. The smallest absolute Gasteiger partial charge is 0.412 e. The van der Waals surface area contributed by atoms with Crippen LogP contribution in [0.25, 0.3) is 10.9 Å². The Balaban J connectivity index is 0.00000156. The van der Waals surface area contributed by atoms with E-state index >= 15 is 0 Å². The van der Waals surface area contributed by atoms with E-state index in [9.17, 15) is 11.9 Å². The number of hydrogen-bond donors (Lipinski definition) is 3. The summed E-state index contributed by atoms with van der Waals surface area (Å²) in [5.41, 5.74) is 3.37. The van der Waals surface area contributed by atoms with Crippen LogP contribution in [0.1, 0.15) is 11.1 Å². The molecular weight excluding hydrogens is 389 g/mol. The van der Waals surface area contributed by atoms with Crippen molar-refractivity contribution < 1.29 is 22.9 Å². The maximum absolute atomic E-state index is 11.7. The van der Waals surface area contributed by atoms with E-state index in [1.807, 2.05) is 26.0 Å². The summed E-state index contributed by atoms with van der Waals surface area (Å²) in [5.74, 6) is 0.523. The van der Waals surface area contributed by atoms with Crippen LogP contribution in [0.5, 0.6) is 0 Å². The van der Waals surface area contributed by atoms with Gasteiger partial charge >= 0.3 is 136 Å². The number of benzene rings is 2. The second-order valence-electron chi connectivity index (χ2n) is 5.36. The molecule has 134 valence electrons. The third kappa shape index (κ3) is 4.25. The molecule has 2 aromatic carbocycles. The van der Waals surface area contributed by atoms with Gasteiger partial charge in [-0.3, -0.25) is 0 Å². The summed E-state index contributed by atoms with van der Waals surface area (Å²) in [6, 6.07) is 10.3. The number of nitrogens with zero attached hydrogens (tertiary/aromatic N) is 2. The molecule has 0 aliphatic heterocycles. The van der Waals surface area contributed by atoms with Crippen LogP contribution in [0, 0.1) is 13.8 Å². The maximum atomic E-state index is 11.7. The van der Waals surface area contributed by atoms with Crippen LogP contribution in [-0.2, 0) is 3.74 Å². The molecule has 1 heterocycles. The quantitative estimate of drug-likeness (QED) is 0.513. The molecule has 3 rings (SSSR count). The Kier molecular flexibility index (Phi) is 6.47. The van der Waals surface area contributed by atoms with Gasteiger partial charge < -0.3 is 11.0 Å². The van der Waals surface area contributed by atoms with Gasteiger partial charge in [-0.2, -0.15) is 0 Å². The first-order valence-corrected chi connectivity index (χ1v) is 10.4. The Morgan fingerprint density at radius 1 is 1.00 bits per heavy atom. The largest absolute Gasteiger partial charge is 0.412 e. The number of anilines is 2. The fourth-order valence-corrected chi connectivity index (χ4v) is 3.90. The molecule has 0 fully saturated rings. The average Bonchev–Trinajstić information content (AvgIpc) is 2.49. The van der Waals surface area contributed by atoms with Gasteiger partial charge in [0.05, 0.1) is 0 Å². The number of nitrogens with one attached hydrogen (secondary N) is 1.